The zero-order chi connectivity index (χ0) is 12.3. The Hall–Kier alpha value is -0.650. The topological polar surface area (TPSA) is 56.8 Å². The van der Waals surface area contributed by atoms with Gasteiger partial charge in [0.1, 0.15) is 6.04 Å². The van der Waals surface area contributed by atoms with Gasteiger partial charge >= 0.3 is 5.97 Å². The van der Waals surface area contributed by atoms with E-state index in [1.165, 1.54) is 14.2 Å². The van der Waals surface area contributed by atoms with Gasteiger partial charge in [-0.05, 0) is 11.8 Å². The van der Waals surface area contributed by atoms with Crippen molar-refractivity contribution in [1.29, 1.82) is 0 Å². The number of hydrogen-bond acceptors (Lipinski definition) is 5. The Bertz CT molecular complexity index is 244. The molecule has 1 rings (SSSR count). The molecule has 0 aromatic heterocycles. The van der Waals surface area contributed by atoms with Crippen LogP contribution in [0.25, 0.3) is 0 Å². The highest BCUT2D eigenvalue weighted by Crippen LogP contribution is 2.26. The third-order valence-corrected chi connectivity index (χ3v) is 3.16. The molecule has 5 heteroatoms. The predicted octanol–water partition coefficient (Wildman–Crippen LogP) is 0.738. The van der Waals surface area contributed by atoms with Gasteiger partial charge in [0.05, 0.1) is 13.2 Å². The number of esters is 1. The van der Waals surface area contributed by atoms with Gasteiger partial charge in [-0.1, -0.05) is 20.8 Å². The Kier molecular flexibility index (Phi) is 4.70. The molecule has 0 aliphatic carbocycles. The summed E-state index contributed by atoms with van der Waals surface area (Å²) in [6.07, 6.45) is -0.743. The number of hydrogen-bond donors (Lipinski definition) is 1. The molecular weight excluding hydrogens is 210 g/mol. The van der Waals surface area contributed by atoms with E-state index >= 15 is 0 Å². The number of nitrogens with one attached hydrogen (secondary N) is 1. The van der Waals surface area contributed by atoms with E-state index in [0.717, 1.165) is 0 Å². The average Bonchev–Trinajstić information content (AvgIpc) is 2.70. The summed E-state index contributed by atoms with van der Waals surface area (Å²) in [7, 11) is 2.91. The van der Waals surface area contributed by atoms with Crippen molar-refractivity contribution in [2.24, 2.45) is 11.8 Å². The maximum atomic E-state index is 11.6. The first-order valence-electron chi connectivity index (χ1n) is 5.53. The zero-order valence-electron chi connectivity index (χ0n) is 10.5. The quantitative estimate of drug-likeness (QED) is 0.723. The second kappa shape index (κ2) is 5.61. The standard InChI is InChI=1S/C11H21NO4/c1-6(2)7(3)9-8(10(13)14-4)12-11(15-5)16-9/h6-9,11-12H,1-5H3/t7-,8-,9-,11?/m1/s1. The molecule has 0 bridgehead atoms. The van der Waals surface area contributed by atoms with Crippen molar-refractivity contribution in [3.05, 3.63) is 0 Å². The van der Waals surface area contributed by atoms with Gasteiger partial charge in [-0.3, -0.25) is 10.1 Å². The van der Waals surface area contributed by atoms with E-state index in [4.69, 9.17) is 14.2 Å². The monoisotopic (exact) mass is 231 g/mol. The molecule has 16 heavy (non-hydrogen) atoms. The van der Waals surface area contributed by atoms with E-state index in [9.17, 15) is 4.79 Å². The average molecular weight is 231 g/mol. The second-order valence-corrected chi connectivity index (χ2v) is 4.44. The normalized spacial score (nSPS) is 31.8. The van der Waals surface area contributed by atoms with Crippen molar-refractivity contribution >= 4 is 5.97 Å². The number of methoxy groups -OCH3 is 2. The molecule has 1 unspecified atom stereocenters. The van der Waals surface area contributed by atoms with Gasteiger partial charge in [-0.25, -0.2) is 0 Å². The summed E-state index contributed by atoms with van der Waals surface area (Å²) in [5.74, 6) is 0.364. The Morgan fingerprint density at radius 3 is 2.38 bits per heavy atom. The Labute approximate surface area is 96.4 Å². The van der Waals surface area contributed by atoms with Gasteiger partial charge in [-0.15, -0.1) is 0 Å². The Morgan fingerprint density at radius 1 is 1.31 bits per heavy atom. The number of carbonyl (C=O) groups excluding carboxylic acids is 1. The summed E-state index contributed by atoms with van der Waals surface area (Å²) in [4.78, 5) is 11.6. The van der Waals surface area contributed by atoms with E-state index in [-0.39, 0.29) is 18.0 Å². The van der Waals surface area contributed by atoms with E-state index in [1.807, 2.05) is 0 Å². The third-order valence-electron chi connectivity index (χ3n) is 3.16. The SMILES string of the molecule is COC(=O)[C@@H]1NC(OC)O[C@@H]1[C@H](C)C(C)C. The molecular formula is C11H21NO4. The smallest absolute Gasteiger partial charge is 0.325 e. The Morgan fingerprint density at radius 2 is 1.94 bits per heavy atom. The molecule has 0 spiro atoms. The summed E-state index contributed by atoms with van der Waals surface area (Å²) >= 11 is 0. The van der Waals surface area contributed by atoms with Gasteiger partial charge in [-0.2, -0.15) is 0 Å². The van der Waals surface area contributed by atoms with Crippen LogP contribution in [-0.2, 0) is 19.0 Å². The van der Waals surface area contributed by atoms with Crippen LogP contribution in [0.1, 0.15) is 20.8 Å². The second-order valence-electron chi connectivity index (χ2n) is 4.44. The van der Waals surface area contributed by atoms with Crippen molar-refractivity contribution in [2.75, 3.05) is 14.2 Å². The van der Waals surface area contributed by atoms with Gasteiger partial charge in [0.25, 0.3) is 0 Å². The molecule has 0 amide bonds. The van der Waals surface area contributed by atoms with Crippen molar-refractivity contribution in [3.63, 3.8) is 0 Å². The summed E-state index contributed by atoms with van der Waals surface area (Å²) in [6, 6.07) is -0.452. The first-order valence-corrected chi connectivity index (χ1v) is 5.53. The van der Waals surface area contributed by atoms with Gasteiger partial charge in [0.2, 0.25) is 6.41 Å². The van der Waals surface area contributed by atoms with E-state index in [1.54, 1.807) is 0 Å². The lowest BCUT2D eigenvalue weighted by Gasteiger charge is -2.25. The van der Waals surface area contributed by atoms with E-state index < -0.39 is 12.5 Å². The van der Waals surface area contributed by atoms with Crippen molar-refractivity contribution in [2.45, 2.75) is 39.3 Å². The van der Waals surface area contributed by atoms with Gasteiger partial charge in [0, 0.05) is 7.11 Å². The van der Waals surface area contributed by atoms with Gasteiger partial charge in [0.15, 0.2) is 0 Å². The van der Waals surface area contributed by atoms with E-state index in [0.29, 0.717) is 5.92 Å². The fourth-order valence-corrected chi connectivity index (χ4v) is 1.76. The molecule has 0 aromatic carbocycles. The number of rotatable bonds is 4. The summed E-state index contributed by atoms with van der Waals surface area (Å²) in [5, 5.41) is 2.96. The minimum atomic E-state index is -0.532. The van der Waals surface area contributed by atoms with E-state index in [2.05, 4.69) is 26.1 Å². The highest BCUT2D eigenvalue weighted by Gasteiger charge is 2.43. The molecule has 94 valence electrons. The van der Waals surface area contributed by atoms with Crippen LogP contribution < -0.4 is 5.32 Å². The summed E-state index contributed by atoms with van der Waals surface area (Å²) in [6.45, 7) is 6.26. The molecule has 1 aliphatic heterocycles. The van der Waals surface area contributed by atoms with Crippen molar-refractivity contribution < 1.29 is 19.0 Å². The maximum absolute atomic E-state index is 11.6. The van der Waals surface area contributed by atoms with Crippen LogP contribution in [0.4, 0.5) is 0 Å². The lowest BCUT2D eigenvalue weighted by atomic mass is 9.88. The molecule has 0 aromatic rings. The van der Waals surface area contributed by atoms with Crippen molar-refractivity contribution in [3.8, 4) is 0 Å². The van der Waals surface area contributed by atoms with Crippen LogP contribution in [0.2, 0.25) is 0 Å². The van der Waals surface area contributed by atoms with Crippen LogP contribution in [0.15, 0.2) is 0 Å². The minimum Gasteiger partial charge on any atom is -0.468 e. The molecule has 0 saturated carbocycles. The molecule has 5 nitrogen and oxygen atoms in total. The third kappa shape index (κ3) is 2.72. The number of carbonyl (C=O) groups is 1. The fraction of sp³-hybridized carbons (Fsp3) is 0.909. The summed E-state index contributed by atoms with van der Waals surface area (Å²) < 4.78 is 15.4. The Balaban J connectivity index is 2.75. The van der Waals surface area contributed by atoms with Crippen LogP contribution in [0.3, 0.4) is 0 Å². The molecule has 1 aliphatic rings. The lowest BCUT2D eigenvalue weighted by Crippen LogP contribution is -2.44. The predicted molar refractivity (Wildman–Crippen MR) is 58.6 cm³/mol. The zero-order valence-corrected chi connectivity index (χ0v) is 10.5. The first-order chi connectivity index (χ1) is 7.51. The van der Waals surface area contributed by atoms with Crippen molar-refractivity contribution in [1.82, 2.24) is 5.32 Å². The van der Waals surface area contributed by atoms with Crippen LogP contribution >= 0.6 is 0 Å². The van der Waals surface area contributed by atoms with Crippen LogP contribution in [-0.4, -0.2) is 38.7 Å². The molecule has 1 heterocycles. The number of ether oxygens (including phenoxy) is 3. The lowest BCUT2D eigenvalue weighted by molar-refractivity contribution is -0.147. The maximum Gasteiger partial charge on any atom is 0.325 e. The summed E-state index contributed by atoms with van der Waals surface area (Å²) in [5.41, 5.74) is 0. The molecule has 4 atom stereocenters. The van der Waals surface area contributed by atoms with Gasteiger partial charge < -0.3 is 14.2 Å². The molecule has 1 fully saturated rings. The molecule has 1 saturated heterocycles. The fourth-order valence-electron chi connectivity index (χ4n) is 1.76. The van der Waals surface area contributed by atoms with Crippen LogP contribution in [0, 0.1) is 11.8 Å². The highest BCUT2D eigenvalue weighted by molar-refractivity contribution is 5.76. The molecule has 1 N–H and O–H groups in total. The van der Waals surface area contributed by atoms with Crippen LogP contribution in [0.5, 0.6) is 0 Å². The highest BCUT2D eigenvalue weighted by atomic mass is 16.7. The largest absolute Gasteiger partial charge is 0.468 e. The minimum absolute atomic E-state index is 0.211. The first kappa shape index (κ1) is 13.4. The molecule has 0 radical (unpaired) electrons.